The molecule has 1 aromatic rings. The fraction of sp³-hybridized carbons (Fsp3) is 0.529. The van der Waals surface area contributed by atoms with Gasteiger partial charge in [-0.3, -0.25) is 9.69 Å². The Hall–Kier alpha value is -1.99. The van der Waals surface area contributed by atoms with Gasteiger partial charge in [-0.15, -0.1) is 0 Å². The van der Waals surface area contributed by atoms with Crippen LogP contribution in [0.15, 0.2) is 24.3 Å². The maximum absolute atomic E-state index is 13.5. The first-order chi connectivity index (χ1) is 11.5. The standard InChI is InChI=1S/C17H21FN2O4/c18-14-6-2-1-5-12(14)10-24-11-13(21)9-20-15(22)17(19-16(20)23)7-3-4-8-17/h1-2,5-6,13,21H,3-4,7-11H2,(H,19,23). The van der Waals surface area contributed by atoms with E-state index in [2.05, 4.69) is 5.32 Å². The molecule has 24 heavy (non-hydrogen) atoms. The van der Waals surface area contributed by atoms with Crippen LogP contribution in [0.25, 0.3) is 0 Å². The minimum absolute atomic E-state index is 0.0216. The van der Waals surface area contributed by atoms with Gasteiger partial charge in [0.15, 0.2) is 0 Å². The number of rotatable bonds is 6. The van der Waals surface area contributed by atoms with Gasteiger partial charge in [0.25, 0.3) is 5.91 Å². The van der Waals surface area contributed by atoms with Gasteiger partial charge in [-0.2, -0.15) is 0 Å². The number of amides is 3. The predicted octanol–water partition coefficient (Wildman–Crippen LogP) is 1.57. The Morgan fingerprint density at radius 2 is 2.00 bits per heavy atom. The first kappa shape index (κ1) is 16.9. The van der Waals surface area contributed by atoms with Crippen molar-refractivity contribution in [3.05, 3.63) is 35.6 Å². The highest BCUT2D eigenvalue weighted by atomic mass is 19.1. The minimum atomic E-state index is -1.01. The van der Waals surface area contributed by atoms with Crippen molar-refractivity contribution in [2.24, 2.45) is 0 Å². The van der Waals surface area contributed by atoms with Gasteiger partial charge in [-0.1, -0.05) is 31.0 Å². The topological polar surface area (TPSA) is 78.9 Å². The fourth-order valence-electron chi connectivity index (χ4n) is 3.34. The second-order valence-electron chi connectivity index (χ2n) is 6.40. The second kappa shape index (κ2) is 6.86. The van der Waals surface area contributed by atoms with Crippen LogP contribution in [0.2, 0.25) is 0 Å². The first-order valence-electron chi connectivity index (χ1n) is 8.15. The van der Waals surface area contributed by atoms with Gasteiger partial charge >= 0.3 is 6.03 Å². The molecule has 0 radical (unpaired) electrons. The Morgan fingerprint density at radius 3 is 2.71 bits per heavy atom. The van der Waals surface area contributed by atoms with Crippen LogP contribution in [0, 0.1) is 5.82 Å². The third-order valence-corrected chi connectivity index (χ3v) is 4.62. The Bertz CT molecular complexity index is 631. The normalized spacial score (nSPS) is 20.7. The lowest BCUT2D eigenvalue weighted by atomic mass is 9.98. The summed E-state index contributed by atoms with van der Waals surface area (Å²) in [5.74, 6) is -0.637. The summed E-state index contributed by atoms with van der Waals surface area (Å²) < 4.78 is 18.8. The molecule has 3 amide bonds. The lowest BCUT2D eigenvalue weighted by molar-refractivity contribution is -0.132. The third kappa shape index (κ3) is 3.27. The van der Waals surface area contributed by atoms with Gasteiger partial charge in [0, 0.05) is 5.56 Å². The number of aliphatic hydroxyl groups excluding tert-OH is 1. The van der Waals surface area contributed by atoms with E-state index in [9.17, 15) is 19.1 Å². The molecule has 7 heteroatoms. The quantitative estimate of drug-likeness (QED) is 0.773. The molecule has 3 rings (SSSR count). The van der Waals surface area contributed by atoms with E-state index in [1.807, 2.05) is 0 Å². The number of imide groups is 1. The number of hydrogen-bond acceptors (Lipinski definition) is 4. The molecule has 2 fully saturated rings. The lowest BCUT2D eigenvalue weighted by Gasteiger charge is -2.21. The van der Waals surface area contributed by atoms with Crippen molar-refractivity contribution in [2.75, 3.05) is 13.2 Å². The van der Waals surface area contributed by atoms with Crippen LogP contribution in [0.5, 0.6) is 0 Å². The number of halogens is 1. The molecule has 1 aromatic carbocycles. The average Bonchev–Trinajstić information content (AvgIpc) is 3.11. The Kier molecular flexibility index (Phi) is 4.82. The number of carbonyl (C=O) groups is 2. The van der Waals surface area contributed by atoms with Gasteiger partial charge in [0.05, 0.1) is 25.9 Å². The SMILES string of the molecule is O=C1NC2(CCCC2)C(=O)N1CC(O)COCc1ccccc1F. The van der Waals surface area contributed by atoms with Crippen molar-refractivity contribution < 1.29 is 23.8 Å². The molecular formula is C17H21FN2O4. The largest absolute Gasteiger partial charge is 0.389 e. The van der Waals surface area contributed by atoms with E-state index >= 15 is 0 Å². The zero-order valence-electron chi connectivity index (χ0n) is 13.3. The number of nitrogens with zero attached hydrogens (tertiary/aromatic N) is 1. The van der Waals surface area contributed by atoms with E-state index in [4.69, 9.17) is 4.74 Å². The molecule has 2 N–H and O–H groups in total. The molecule has 0 bridgehead atoms. The maximum atomic E-state index is 13.5. The van der Waals surface area contributed by atoms with Crippen LogP contribution in [0.4, 0.5) is 9.18 Å². The van der Waals surface area contributed by atoms with Crippen molar-refractivity contribution in [3.63, 3.8) is 0 Å². The second-order valence-corrected chi connectivity index (χ2v) is 6.40. The van der Waals surface area contributed by atoms with Gasteiger partial charge in [-0.05, 0) is 18.9 Å². The third-order valence-electron chi connectivity index (χ3n) is 4.62. The molecule has 0 aromatic heterocycles. The Morgan fingerprint density at radius 1 is 1.29 bits per heavy atom. The molecule has 1 atom stereocenters. The zero-order valence-corrected chi connectivity index (χ0v) is 13.3. The number of carbonyl (C=O) groups excluding carboxylic acids is 2. The molecule has 130 valence electrons. The highest BCUT2D eigenvalue weighted by molar-refractivity contribution is 6.07. The van der Waals surface area contributed by atoms with Crippen LogP contribution in [-0.4, -0.2) is 46.7 Å². The van der Waals surface area contributed by atoms with Crippen molar-refractivity contribution in [2.45, 2.75) is 43.9 Å². The summed E-state index contributed by atoms with van der Waals surface area (Å²) in [6.45, 7) is -0.185. The number of ether oxygens (including phenoxy) is 1. The molecule has 1 unspecified atom stereocenters. The van der Waals surface area contributed by atoms with Crippen molar-refractivity contribution in [1.82, 2.24) is 10.2 Å². The summed E-state index contributed by atoms with van der Waals surface area (Å²) in [6, 6.07) is 5.76. The lowest BCUT2D eigenvalue weighted by Crippen LogP contribution is -2.45. The van der Waals surface area contributed by atoms with Gasteiger partial charge in [0.1, 0.15) is 11.4 Å². The van der Waals surface area contributed by atoms with E-state index in [0.717, 1.165) is 17.7 Å². The molecule has 1 aliphatic heterocycles. The fourth-order valence-corrected chi connectivity index (χ4v) is 3.34. The molecule has 6 nitrogen and oxygen atoms in total. The summed E-state index contributed by atoms with van der Waals surface area (Å²) in [6.07, 6.45) is 2.10. The summed E-state index contributed by atoms with van der Waals surface area (Å²) >= 11 is 0. The van der Waals surface area contributed by atoms with E-state index in [-0.39, 0.29) is 31.5 Å². The first-order valence-corrected chi connectivity index (χ1v) is 8.15. The van der Waals surface area contributed by atoms with Crippen LogP contribution >= 0.6 is 0 Å². The van der Waals surface area contributed by atoms with E-state index in [0.29, 0.717) is 18.4 Å². The van der Waals surface area contributed by atoms with E-state index in [1.165, 1.54) is 6.07 Å². The molecule has 1 heterocycles. The number of benzene rings is 1. The highest BCUT2D eigenvalue weighted by Gasteiger charge is 2.52. The van der Waals surface area contributed by atoms with Crippen molar-refractivity contribution >= 4 is 11.9 Å². The number of urea groups is 1. The zero-order chi connectivity index (χ0) is 17.2. The summed E-state index contributed by atoms with van der Waals surface area (Å²) in [7, 11) is 0. The van der Waals surface area contributed by atoms with Gasteiger partial charge in [-0.25, -0.2) is 9.18 Å². The monoisotopic (exact) mass is 336 g/mol. The molecule has 1 spiro atoms. The highest BCUT2D eigenvalue weighted by Crippen LogP contribution is 2.35. The minimum Gasteiger partial charge on any atom is -0.389 e. The molecule has 1 saturated heterocycles. The van der Waals surface area contributed by atoms with Crippen LogP contribution in [-0.2, 0) is 16.1 Å². The summed E-state index contributed by atoms with van der Waals surface area (Å²) in [5.41, 5.74) is -0.380. The maximum Gasteiger partial charge on any atom is 0.325 e. The van der Waals surface area contributed by atoms with Crippen molar-refractivity contribution in [3.8, 4) is 0 Å². The number of hydrogen-bond donors (Lipinski definition) is 2. The predicted molar refractivity (Wildman–Crippen MR) is 83.5 cm³/mol. The van der Waals surface area contributed by atoms with Gasteiger partial charge < -0.3 is 15.2 Å². The Balaban J connectivity index is 1.50. The van der Waals surface area contributed by atoms with E-state index < -0.39 is 17.7 Å². The summed E-state index contributed by atoms with van der Waals surface area (Å²) in [4.78, 5) is 25.5. The van der Waals surface area contributed by atoms with Crippen LogP contribution in [0.3, 0.4) is 0 Å². The number of aliphatic hydroxyl groups is 1. The summed E-state index contributed by atoms with van der Waals surface area (Å²) in [5, 5.41) is 12.8. The number of β-amino-alcohol motifs (C(OH)–C–C–N with tert-alkyl or cyclic N) is 1. The molecule has 1 aliphatic carbocycles. The smallest absolute Gasteiger partial charge is 0.325 e. The molecule has 1 saturated carbocycles. The van der Waals surface area contributed by atoms with Crippen molar-refractivity contribution in [1.29, 1.82) is 0 Å². The number of nitrogens with one attached hydrogen (secondary N) is 1. The molecule has 2 aliphatic rings. The van der Waals surface area contributed by atoms with Crippen LogP contribution in [0.1, 0.15) is 31.2 Å². The van der Waals surface area contributed by atoms with Gasteiger partial charge in [0.2, 0.25) is 0 Å². The Labute approximate surface area is 139 Å². The molecular weight excluding hydrogens is 315 g/mol. The average molecular weight is 336 g/mol. The van der Waals surface area contributed by atoms with Crippen LogP contribution < -0.4 is 5.32 Å². The van der Waals surface area contributed by atoms with E-state index in [1.54, 1.807) is 18.2 Å².